The molecule has 1 rings (SSSR count). The fourth-order valence-corrected chi connectivity index (χ4v) is 2.36. The second-order valence-electron chi connectivity index (χ2n) is 4.29. The van der Waals surface area contributed by atoms with Gasteiger partial charge in [0.25, 0.3) is 0 Å². The molecule has 0 unspecified atom stereocenters. The van der Waals surface area contributed by atoms with Gasteiger partial charge in [-0.2, -0.15) is 0 Å². The summed E-state index contributed by atoms with van der Waals surface area (Å²) in [6, 6.07) is 0. The van der Waals surface area contributed by atoms with Crippen LogP contribution in [0.25, 0.3) is 0 Å². The van der Waals surface area contributed by atoms with Crippen molar-refractivity contribution in [3.8, 4) is 0 Å². The maximum absolute atomic E-state index is 3.90. The predicted octanol–water partition coefficient (Wildman–Crippen LogP) is 4.21. The van der Waals surface area contributed by atoms with Crippen molar-refractivity contribution in [2.24, 2.45) is 11.8 Å². The molecule has 71 valence electrons. The van der Waals surface area contributed by atoms with E-state index >= 15 is 0 Å². The average Bonchev–Trinajstić information content (AvgIpc) is 2.15. The van der Waals surface area contributed by atoms with E-state index in [2.05, 4.69) is 13.8 Å². The number of unbranched alkanes of at least 4 members (excludes halogenated alkanes) is 1. The van der Waals surface area contributed by atoms with Crippen molar-refractivity contribution >= 4 is 0 Å². The lowest BCUT2D eigenvalue weighted by atomic mass is 9.79. The van der Waals surface area contributed by atoms with E-state index in [9.17, 15) is 0 Å². The van der Waals surface area contributed by atoms with Crippen LogP contribution in [0, 0.1) is 18.8 Å². The van der Waals surface area contributed by atoms with Crippen molar-refractivity contribution in [3.05, 3.63) is 6.92 Å². The van der Waals surface area contributed by atoms with E-state index in [1.165, 1.54) is 44.9 Å². The van der Waals surface area contributed by atoms with Crippen LogP contribution in [0.2, 0.25) is 0 Å². The largest absolute Gasteiger partial charge is 0.0651 e. The summed E-state index contributed by atoms with van der Waals surface area (Å²) in [6.45, 7) is 6.24. The fourth-order valence-electron chi connectivity index (χ4n) is 2.36. The Morgan fingerprint density at radius 2 is 1.67 bits per heavy atom. The zero-order chi connectivity index (χ0) is 8.81. The summed E-state index contributed by atoms with van der Waals surface area (Å²) < 4.78 is 0. The summed E-state index contributed by atoms with van der Waals surface area (Å²) in [5, 5.41) is 0. The SMILES string of the molecule is [CH2]CCCC1CCC(CC)CC1. The Labute approximate surface area is 77.7 Å². The van der Waals surface area contributed by atoms with E-state index in [-0.39, 0.29) is 0 Å². The molecule has 0 heterocycles. The van der Waals surface area contributed by atoms with E-state index in [1.54, 1.807) is 0 Å². The third kappa shape index (κ3) is 3.16. The molecule has 1 radical (unpaired) electrons. The summed E-state index contributed by atoms with van der Waals surface area (Å²) in [6.07, 6.45) is 11.3. The molecule has 1 aliphatic carbocycles. The highest BCUT2D eigenvalue weighted by atomic mass is 14.2. The van der Waals surface area contributed by atoms with Crippen molar-refractivity contribution in [1.29, 1.82) is 0 Å². The maximum Gasteiger partial charge on any atom is -0.0414 e. The van der Waals surface area contributed by atoms with Gasteiger partial charge in [-0.05, 0) is 11.8 Å². The Balaban J connectivity index is 2.09. The fraction of sp³-hybridized carbons (Fsp3) is 0.917. The van der Waals surface area contributed by atoms with E-state index in [4.69, 9.17) is 0 Å². The van der Waals surface area contributed by atoms with E-state index in [0.29, 0.717) is 0 Å². The lowest BCUT2D eigenvalue weighted by Crippen LogP contribution is -2.13. The van der Waals surface area contributed by atoms with Crippen LogP contribution < -0.4 is 0 Å². The molecule has 0 N–H and O–H groups in total. The minimum Gasteiger partial charge on any atom is -0.0651 e. The summed E-state index contributed by atoms with van der Waals surface area (Å²) in [7, 11) is 0. The van der Waals surface area contributed by atoms with E-state index in [0.717, 1.165) is 18.3 Å². The Kier molecular flexibility index (Phi) is 4.72. The van der Waals surface area contributed by atoms with Crippen molar-refractivity contribution in [2.45, 2.75) is 58.3 Å². The molecule has 0 saturated heterocycles. The van der Waals surface area contributed by atoms with Crippen LogP contribution in [0.3, 0.4) is 0 Å². The molecule has 0 nitrogen and oxygen atoms in total. The normalized spacial score (nSPS) is 30.5. The Morgan fingerprint density at radius 1 is 1.08 bits per heavy atom. The monoisotopic (exact) mass is 167 g/mol. The first-order valence-electron chi connectivity index (χ1n) is 5.66. The van der Waals surface area contributed by atoms with Gasteiger partial charge in [0.1, 0.15) is 0 Å². The minimum atomic E-state index is 1.05. The molecule has 0 bridgehead atoms. The van der Waals surface area contributed by atoms with Gasteiger partial charge in [-0.1, -0.05) is 65.2 Å². The van der Waals surface area contributed by atoms with Gasteiger partial charge in [0, 0.05) is 0 Å². The molecule has 0 aromatic heterocycles. The summed E-state index contributed by atoms with van der Waals surface area (Å²) in [4.78, 5) is 0. The van der Waals surface area contributed by atoms with Crippen LogP contribution >= 0.6 is 0 Å². The molecule has 0 atom stereocenters. The Bertz CT molecular complexity index is 98.6. The molecular formula is C12H23. The molecule has 1 saturated carbocycles. The minimum absolute atomic E-state index is 1.05. The molecule has 0 heteroatoms. The smallest absolute Gasteiger partial charge is 0.0414 e. The third-order valence-electron chi connectivity index (χ3n) is 3.41. The van der Waals surface area contributed by atoms with E-state index < -0.39 is 0 Å². The lowest BCUT2D eigenvalue weighted by Gasteiger charge is -2.27. The second-order valence-corrected chi connectivity index (χ2v) is 4.29. The summed E-state index contributed by atoms with van der Waals surface area (Å²) in [5.74, 6) is 2.11. The predicted molar refractivity (Wildman–Crippen MR) is 54.9 cm³/mol. The molecule has 0 aliphatic heterocycles. The first-order valence-corrected chi connectivity index (χ1v) is 5.66. The van der Waals surface area contributed by atoms with Gasteiger partial charge in [-0.15, -0.1) is 0 Å². The first-order chi connectivity index (χ1) is 5.86. The van der Waals surface area contributed by atoms with Gasteiger partial charge in [0.2, 0.25) is 0 Å². The molecule has 12 heavy (non-hydrogen) atoms. The van der Waals surface area contributed by atoms with Crippen LogP contribution in [0.4, 0.5) is 0 Å². The Hall–Kier alpha value is 0. The summed E-state index contributed by atoms with van der Waals surface area (Å²) in [5.41, 5.74) is 0. The van der Waals surface area contributed by atoms with Gasteiger partial charge in [-0.3, -0.25) is 0 Å². The van der Waals surface area contributed by atoms with Crippen LogP contribution in [0.5, 0.6) is 0 Å². The van der Waals surface area contributed by atoms with E-state index in [1.807, 2.05) is 0 Å². The molecular weight excluding hydrogens is 144 g/mol. The topological polar surface area (TPSA) is 0 Å². The molecule has 1 aliphatic rings. The van der Waals surface area contributed by atoms with Crippen LogP contribution in [-0.4, -0.2) is 0 Å². The first kappa shape index (κ1) is 10.1. The van der Waals surface area contributed by atoms with Crippen molar-refractivity contribution < 1.29 is 0 Å². The standard InChI is InChI=1S/C12H23/c1-3-5-6-12-9-7-11(4-2)8-10-12/h11-12H,1,3-10H2,2H3. The molecule has 0 spiro atoms. The van der Waals surface area contributed by atoms with Gasteiger partial charge in [0.05, 0.1) is 0 Å². The highest BCUT2D eigenvalue weighted by Crippen LogP contribution is 2.33. The quantitative estimate of drug-likeness (QED) is 0.588. The maximum atomic E-state index is 3.90. The van der Waals surface area contributed by atoms with Gasteiger partial charge in [-0.25, -0.2) is 0 Å². The molecule has 0 aromatic carbocycles. The van der Waals surface area contributed by atoms with Gasteiger partial charge in [0.15, 0.2) is 0 Å². The lowest BCUT2D eigenvalue weighted by molar-refractivity contribution is 0.255. The second kappa shape index (κ2) is 5.61. The Morgan fingerprint density at radius 3 is 2.17 bits per heavy atom. The third-order valence-corrected chi connectivity index (χ3v) is 3.41. The number of hydrogen-bond acceptors (Lipinski definition) is 0. The van der Waals surface area contributed by atoms with Crippen molar-refractivity contribution in [3.63, 3.8) is 0 Å². The average molecular weight is 167 g/mol. The van der Waals surface area contributed by atoms with Crippen LogP contribution in [-0.2, 0) is 0 Å². The highest BCUT2D eigenvalue weighted by molar-refractivity contribution is 4.71. The van der Waals surface area contributed by atoms with Gasteiger partial charge < -0.3 is 0 Å². The summed E-state index contributed by atoms with van der Waals surface area (Å²) >= 11 is 0. The number of rotatable bonds is 4. The molecule has 0 aromatic rings. The van der Waals surface area contributed by atoms with Gasteiger partial charge >= 0.3 is 0 Å². The molecule has 1 fully saturated rings. The zero-order valence-electron chi connectivity index (χ0n) is 8.52. The zero-order valence-corrected chi connectivity index (χ0v) is 8.52. The van der Waals surface area contributed by atoms with Crippen LogP contribution in [0.15, 0.2) is 0 Å². The van der Waals surface area contributed by atoms with Crippen molar-refractivity contribution in [1.82, 2.24) is 0 Å². The number of hydrogen-bond donors (Lipinski definition) is 0. The molecule has 0 amide bonds. The van der Waals surface area contributed by atoms with Crippen molar-refractivity contribution in [2.75, 3.05) is 0 Å². The van der Waals surface area contributed by atoms with Crippen LogP contribution in [0.1, 0.15) is 58.3 Å². The highest BCUT2D eigenvalue weighted by Gasteiger charge is 2.18.